The molecular formula is C17H14. The zero-order valence-corrected chi connectivity index (χ0v) is 9.85. The largest absolute Gasteiger partial charge is 0.0622 e. The van der Waals surface area contributed by atoms with Gasteiger partial charge in [-0.05, 0) is 34.7 Å². The van der Waals surface area contributed by atoms with E-state index in [0.29, 0.717) is 0 Å². The Labute approximate surface area is 102 Å². The molecule has 1 aromatic rings. The third-order valence-corrected chi connectivity index (χ3v) is 3.23. The van der Waals surface area contributed by atoms with Gasteiger partial charge in [-0.3, -0.25) is 0 Å². The fourth-order valence-electron chi connectivity index (χ4n) is 2.33. The fraction of sp³-hybridized carbons (Fsp3) is 0.0588. The molecule has 2 aliphatic carbocycles. The van der Waals surface area contributed by atoms with Gasteiger partial charge in [-0.1, -0.05) is 66.7 Å². The Kier molecular flexibility index (Phi) is 2.41. The average molecular weight is 218 g/mol. The van der Waals surface area contributed by atoms with Gasteiger partial charge in [0.2, 0.25) is 0 Å². The van der Waals surface area contributed by atoms with Gasteiger partial charge in [0, 0.05) is 0 Å². The van der Waals surface area contributed by atoms with Crippen LogP contribution in [0, 0.1) is 6.92 Å². The van der Waals surface area contributed by atoms with Crippen molar-refractivity contribution >= 4 is 0 Å². The van der Waals surface area contributed by atoms with Crippen molar-refractivity contribution in [2.75, 3.05) is 0 Å². The van der Waals surface area contributed by atoms with E-state index in [-0.39, 0.29) is 0 Å². The van der Waals surface area contributed by atoms with E-state index in [1.54, 1.807) is 0 Å². The lowest BCUT2D eigenvalue weighted by atomic mass is 10.0. The van der Waals surface area contributed by atoms with E-state index < -0.39 is 0 Å². The van der Waals surface area contributed by atoms with Gasteiger partial charge in [-0.2, -0.15) is 0 Å². The highest BCUT2D eigenvalue weighted by molar-refractivity contribution is 5.87. The molecule has 0 amide bonds. The van der Waals surface area contributed by atoms with Crippen molar-refractivity contribution in [2.24, 2.45) is 0 Å². The van der Waals surface area contributed by atoms with Crippen molar-refractivity contribution in [3.8, 4) is 22.3 Å². The zero-order chi connectivity index (χ0) is 11.7. The Bertz CT molecular complexity index is 608. The summed E-state index contributed by atoms with van der Waals surface area (Å²) in [5, 5.41) is 0. The maximum atomic E-state index is 2.22. The molecule has 0 heteroatoms. The van der Waals surface area contributed by atoms with Crippen LogP contribution in [0.25, 0.3) is 22.3 Å². The average Bonchev–Trinajstić information content (AvgIpc) is 2.71. The van der Waals surface area contributed by atoms with Crippen molar-refractivity contribution < 1.29 is 0 Å². The smallest absolute Gasteiger partial charge is 0.0103 e. The summed E-state index contributed by atoms with van der Waals surface area (Å²) in [6.07, 6.45) is 0. The molecule has 0 bridgehead atoms. The summed E-state index contributed by atoms with van der Waals surface area (Å²) < 4.78 is 0. The topological polar surface area (TPSA) is 0 Å². The number of fused-ring (bicyclic) bond motifs is 1. The van der Waals surface area contributed by atoms with E-state index in [9.17, 15) is 0 Å². The highest BCUT2D eigenvalue weighted by Crippen LogP contribution is 2.36. The molecule has 0 N–H and O–H groups in total. The van der Waals surface area contributed by atoms with E-state index in [2.05, 4.69) is 73.7 Å². The number of hydrogen-bond acceptors (Lipinski definition) is 0. The Morgan fingerprint density at radius 3 is 2.00 bits per heavy atom. The van der Waals surface area contributed by atoms with Crippen molar-refractivity contribution in [3.05, 3.63) is 72.3 Å². The number of rotatable bonds is 1. The quantitative estimate of drug-likeness (QED) is 0.552. The molecule has 0 saturated heterocycles. The summed E-state index contributed by atoms with van der Waals surface area (Å²) in [7, 11) is 0. The Morgan fingerprint density at radius 1 is 0.529 bits per heavy atom. The molecule has 0 nitrogen and oxygen atoms in total. The molecule has 0 heterocycles. The predicted octanol–water partition coefficient (Wildman–Crippen LogP) is 4.77. The van der Waals surface area contributed by atoms with Crippen LogP contribution in [0.15, 0.2) is 66.7 Å². The SMILES string of the molecule is Cc1ccccc2c(-c3ccccc3)ccc1-2. The molecular weight excluding hydrogens is 204 g/mol. The summed E-state index contributed by atoms with van der Waals surface area (Å²) in [6.45, 7) is 2.16. The molecule has 2 aliphatic rings. The van der Waals surface area contributed by atoms with Crippen LogP contribution < -0.4 is 0 Å². The minimum atomic E-state index is 1.29. The van der Waals surface area contributed by atoms with E-state index >= 15 is 0 Å². The van der Waals surface area contributed by atoms with Gasteiger partial charge in [0.15, 0.2) is 0 Å². The summed E-state index contributed by atoms with van der Waals surface area (Å²) in [5.74, 6) is 0. The molecule has 1 aromatic carbocycles. The van der Waals surface area contributed by atoms with Gasteiger partial charge >= 0.3 is 0 Å². The van der Waals surface area contributed by atoms with Crippen molar-refractivity contribution in [2.45, 2.75) is 6.92 Å². The minimum Gasteiger partial charge on any atom is -0.0622 e. The molecule has 0 spiro atoms. The van der Waals surface area contributed by atoms with Crippen LogP contribution in [-0.2, 0) is 0 Å². The van der Waals surface area contributed by atoms with Gasteiger partial charge < -0.3 is 0 Å². The number of benzene rings is 1. The van der Waals surface area contributed by atoms with E-state index in [1.165, 1.54) is 27.8 Å². The molecule has 0 aromatic heterocycles. The second kappa shape index (κ2) is 4.06. The van der Waals surface area contributed by atoms with Gasteiger partial charge in [0.25, 0.3) is 0 Å². The van der Waals surface area contributed by atoms with Crippen molar-refractivity contribution in [1.29, 1.82) is 0 Å². The van der Waals surface area contributed by atoms with Crippen LogP contribution in [-0.4, -0.2) is 0 Å². The summed E-state index contributed by atoms with van der Waals surface area (Å²) >= 11 is 0. The van der Waals surface area contributed by atoms with Crippen LogP contribution >= 0.6 is 0 Å². The van der Waals surface area contributed by atoms with Crippen LogP contribution in [0.5, 0.6) is 0 Å². The second-order valence-electron chi connectivity index (χ2n) is 4.34. The minimum absolute atomic E-state index is 1.29. The highest BCUT2D eigenvalue weighted by Gasteiger charge is 2.10. The van der Waals surface area contributed by atoms with Crippen LogP contribution in [0.3, 0.4) is 0 Å². The van der Waals surface area contributed by atoms with E-state index in [4.69, 9.17) is 0 Å². The number of hydrogen-bond donors (Lipinski definition) is 0. The normalized spacial score (nSPS) is 10.6. The van der Waals surface area contributed by atoms with Crippen LogP contribution in [0.2, 0.25) is 0 Å². The molecule has 0 aliphatic heterocycles. The molecule has 0 atom stereocenters. The molecule has 0 radical (unpaired) electrons. The summed E-state index contributed by atoms with van der Waals surface area (Å²) in [4.78, 5) is 0. The fourth-order valence-corrected chi connectivity index (χ4v) is 2.33. The molecule has 0 fully saturated rings. The van der Waals surface area contributed by atoms with Gasteiger partial charge in [-0.15, -0.1) is 0 Å². The maximum absolute atomic E-state index is 2.22. The molecule has 0 saturated carbocycles. The van der Waals surface area contributed by atoms with Gasteiger partial charge in [-0.25, -0.2) is 0 Å². The first kappa shape index (κ1) is 10.1. The Balaban J connectivity index is 2.24. The summed E-state index contributed by atoms with van der Waals surface area (Å²) in [5.41, 5.74) is 6.60. The number of aryl methyl sites for hydroxylation is 1. The lowest BCUT2D eigenvalue weighted by molar-refractivity contribution is 1.52. The molecule has 3 rings (SSSR count). The first-order chi connectivity index (χ1) is 8.36. The highest BCUT2D eigenvalue weighted by atomic mass is 14.1. The third-order valence-electron chi connectivity index (χ3n) is 3.23. The summed E-state index contributed by atoms with van der Waals surface area (Å²) in [6, 6.07) is 23.6. The zero-order valence-electron chi connectivity index (χ0n) is 9.85. The van der Waals surface area contributed by atoms with Gasteiger partial charge in [0.05, 0.1) is 0 Å². The lowest BCUT2D eigenvalue weighted by Gasteiger charge is -2.03. The Hall–Kier alpha value is -2.08. The lowest BCUT2D eigenvalue weighted by Crippen LogP contribution is -1.77. The first-order valence-corrected chi connectivity index (χ1v) is 5.90. The van der Waals surface area contributed by atoms with Crippen LogP contribution in [0.4, 0.5) is 0 Å². The van der Waals surface area contributed by atoms with Crippen molar-refractivity contribution in [1.82, 2.24) is 0 Å². The van der Waals surface area contributed by atoms with E-state index in [1.807, 2.05) is 0 Å². The maximum Gasteiger partial charge on any atom is -0.0103 e. The Morgan fingerprint density at radius 2 is 1.18 bits per heavy atom. The predicted molar refractivity (Wildman–Crippen MR) is 73.2 cm³/mol. The molecule has 0 unspecified atom stereocenters. The van der Waals surface area contributed by atoms with Crippen LogP contribution in [0.1, 0.15) is 5.56 Å². The molecule has 17 heavy (non-hydrogen) atoms. The standard InChI is InChI=1S/C17H14/c1-13-7-5-6-10-17-15(13)11-12-16(17)14-8-3-2-4-9-14/h2-12H,1H3. The monoisotopic (exact) mass is 218 g/mol. The van der Waals surface area contributed by atoms with Crippen molar-refractivity contribution in [3.63, 3.8) is 0 Å². The third kappa shape index (κ3) is 1.72. The second-order valence-corrected chi connectivity index (χ2v) is 4.34. The first-order valence-electron chi connectivity index (χ1n) is 5.90. The van der Waals surface area contributed by atoms with E-state index in [0.717, 1.165) is 0 Å². The van der Waals surface area contributed by atoms with Gasteiger partial charge in [0.1, 0.15) is 0 Å². The molecule has 82 valence electrons.